The number of carbonyl (C=O) groups is 1. The van der Waals surface area contributed by atoms with Gasteiger partial charge in [0.25, 0.3) is 0 Å². The van der Waals surface area contributed by atoms with Crippen molar-refractivity contribution in [2.24, 2.45) is 0 Å². The van der Waals surface area contributed by atoms with Crippen LogP contribution in [0, 0.1) is 18.6 Å². The fourth-order valence-electron chi connectivity index (χ4n) is 4.02. The predicted octanol–water partition coefficient (Wildman–Crippen LogP) is 4.52. The number of aromatic nitrogens is 4. The number of halogens is 5. The Bertz CT molecular complexity index is 1400. The first-order chi connectivity index (χ1) is 17.0. The molecule has 12 heteroatoms. The molecule has 0 saturated carbocycles. The van der Waals surface area contributed by atoms with Gasteiger partial charge < -0.3 is 19.4 Å². The van der Waals surface area contributed by atoms with Crippen LogP contribution in [0.5, 0.6) is 0 Å². The summed E-state index contributed by atoms with van der Waals surface area (Å²) < 4.78 is 63.2. The van der Waals surface area contributed by atoms with Crippen molar-refractivity contribution in [1.29, 1.82) is 0 Å². The Morgan fingerprint density at radius 3 is 2.69 bits per heavy atom. The van der Waals surface area contributed by atoms with Crippen LogP contribution < -0.4 is 5.32 Å². The number of alkyl halides is 3. The summed E-state index contributed by atoms with van der Waals surface area (Å²) in [6.45, 7) is 3.54. The maximum absolute atomic E-state index is 14.1. The second-order valence-electron chi connectivity index (χ2n) is 8.37. The molecule has 0 radical (unpaired) electrons. The van der Waals surface area contributed by atoms with Crippen LogP contribution in [-0.4, -0.2) is 42.2 Å². The van der Waals surface area contributed by atoms with E-state index in [1.54, 1.807) is 0 Å². The Morgan fingerprint density at radius 2 is 2.00 bits per heavy atom. The zero-order chi connectivity index (χ0) is 26.0. The van der Waals surface area contributed by atoms with Crippen LogP contribution in [-0.2, 0) is 24.3 Å². The molecule has 1 aliphatic heterocycles. The van der Waals surface area contributed by atoms with Gasteiger partial charge in [-0.05, 0) is 37.1 Å². The third-order valence-corrected chi connectivity index (χ3v) is 5.82. The second kappa shape index (κ2) is 10.1. The van der Waals surface area contributed by atoms with Gasteiger partial charge in [0.1, 0.15) is 23.1 Å². The highest BCUT2D eigenvalue weighted by molar-refractivity contribution is 5.73. The summed E-state index contributed by atoms with van der Waals surface area (Å²) in [6.07, 6.45) is 2.49. The molecule has 5 rings (SSSR count). The molecule has 1 aliphatic rings. The lowest BCUT2D eigenvalue weighted by atomic mass is 10.1. The van der Waals surface area contributed by atoms with Crippen LogP contribution in [0.1, 0.15) is 23.5 Å². The summed E-state index contributed by atoms with van der Waals surface area (Å²) in [6, 6.07) is 7.98. The zero-order valence-electron chi connectivity index (χ0n) is 19.1. The van der Waals surface area contributed by atoms with E-state index in [2.05, 4.69) is 37.2 Å². The number of pyridine rings is 1. The third-order valence-electron chi connectivity index (χ3n) is 5.82. The highest BCUT2D eigenvalue weighted by Gasteiger charge is 2.38. The Balaban J connectivity index is 0.000000384. The number of hydrogen-bond acceptors (Lipinski definition) is 4. The fraction of sp³-hybridized carbons (Fsp3) is 0.292. The molecule has 2 N–H and O–H groups in total. The topological polar surface area (TPSA) is 84.5 Å². The lowest BCUT2D eigenvalue weighted by Crippen LogP contribution is -2.37. The molecule has 1 atom stereocenters. The molecule has 3 aromatic heterocycles. The van der Waals surface area contributed by atoms with Crippen molar-refractivity contribution in [3.63, 3.8) is 0 Å². The van der Waals surface area contributed by atoms with E-state index in [4.69, 9.17) is 9.90 Å². The normalized spacial score (nSPS) is 15.3. The Hall–Kier alpha value is -3.80. The van der Waals surface area contributed by atoms with Gasteiger partial charge in [-0.2, -0.15) is 13.2 Å². The number of carboxylic acid groups (broad SMARTS) is 1. The first kappa shape index (κ1) is 25.3. The van der Waals surface area contributed by atoms with Gasteiger partial charge in [-0.3, -0.25) is 0 Å². The predicted molar refractivity (Wildman–Crippen MR) is 120 cm³/mol. The summed E-state index contributed by atoms with van der Waals surface area (Å²) >= 11 is 0. The Morgan fingerprint density at radius 1 is 1.25 bits per heavy atom. The summed E-state index contributed by atoms with van der Waals surface area (Å²) in [5.41, 5.74) is 4.14. The second-order valence-corrected chi connectivity index (χ2v) is 8.37. The molecule has 190 valence electrons. The van der Waals surface area contributed by atoms with Crippen molar-refractivity contribution >= 4 is 11.6 Å². The number of hydrogen-bond donors (Lipinski definition) is 2. The third kappa shape index (κ3) is 5.54. The van der Waals surface area contributed by atoms with Crippen LogP contribution in [0.15, 0.2) is 48.9 Å². The fourth-order valence-corrected chi connectivity index (χ4v) is 4.02. The SMILES string of the molecule is Cc1cccn2c(CNC3CCc4nc(-c5ccc(F)cc5F)cn4C3)cnc12.O=C(O)C(F)(F)F. The molecule has 7 nitrogen and oxygen atoms in total. The summed E-state index contributed by atoms with van der Waals surface area (Å²) in [4.78, 5) is 18.0. The highest BCUT2D eigenvalue weighted by atomic mass is 19.4. The molecular formula is C24H22F5N5O2. The van der Waals surface area contributed by atoms with E-state index in [0.717, 1.165) is 54.7 Å². The molecule has 36 heavy (non-hydrogen) atoms. The number of aliphatic carboxylic acids is 1. The first-order valence-corrected chi connectivity index (χ1v) is 11.0. The first-order valence-electron chi connectivity index (χ1n) is 11.0. The molecule has 1 unspecified atom stereocenters. The van der Waals surface area contributed by atoms with Crippen LogP contribution in [0.2, 0.25) is 0 Å². The molecule has 0 amide bonds. The van der Waals surface area contributed by atoms with E-state index >= 15 is 0 Å². The number of rotatable bonds is 4. The average Bonchev–Trinajstić information content (AvgIpc) is 3.42. The number of imidazole rings is 2. The molecule has 4 aromatic rings. The van der Waals surface area contributed by atoms with E-state index < -0.39 is 23.8 Å². The van der Waals surface area contributed by atoms with Crippen molar-refractivity contribution in [3.8, 4) is 11.3 Å². The van der Waals surface area contributed by atoms with Gasteiger partial charge >= 0.3 is 12.1 Å². The minimum atomic E-state index is -5.08. The lowest BCUT2D eigenvalue weighted by Gasteiger charge is -2.24. The monoisotopic (exact) mass is 507 g/mol. The van der Waals surface area contributed by atoms with E-state index in [1.165, 1.54) is 12.1 Å². The standard InChI is InChI=1S/C22H21F2N5.C2HF3O2/c1-14-3-2-8-29-17(11-26-22(14)29)10-25-16-5-7-21-27-20(13-28(21)12-16)18-6-4-15(23)9-19(18)24;3-2(4,5)1(6)7/h2-4,6,8-9,11,13,16,25H,5,7,10,12H2,1H3;(H,6,7). The van der Waals surface area contributed by atoms with Gasteiger partial charge in [-0.15, -0.1) is 0 Å². The van der Waals surface area contributed by atoms with E-state index in [9.17, 15) is 22.0 Å². The summed E-state index contributed by atoms with van der Waals surface area (Å²) in [5, 5.41) is 10.7. The van der Waals surface area contributed by atoms with Gasteiger partial charge in [0, 0.05) is 49.6 Å². The molecule has 0 saturated heterocycles. The van der Waals surface area contributed by atoms with Gasteiger partial charge in [0.2, 0.25) is 0 Å². The average molecular weight is 507 g/mol. The highest BCUT2D eigenvalue weighted by Crippen LogP contribution is 2.25. The molecular weight excluding hydrogens is 485 g/mol. The number of nitrogens with zero attached hydrogens (tertiary/aromatic N) is 4. The maximum Gasteiger partial charge on any atom is 0.490 e. The van der Waals surface area contributed by atoms with Crippen LogP contribution in [0.25, 0.3) is 16.9 Å². The van der Waals surface area contributed by atoms with Gasteiger partial charge in [-0.25, -0.2) is 23.5 Å². The number of carboxylic acids is 1. The Kier molecular flexibility index (Phi) is 7.07. The van der Waals surface area contributed by atoms with Crippen LogP contribution in [0.4, 0.5) is 22.0 Å². The molecule has 4 heterocycles. The van der Waals surface area contributed by atoms with Crippen molar-refractivity contribution < 1.29 is 31.9 Å². The molecule has 1 aromatic carbocycles. The number of nitrogens with one attached hydrogen (secondary N) is 1. The van der Waals surface area contributed by atoms with Crippen molar-refractivity contribution in [2.45, 2.75) is 45.1 Å². The molecule has 0 aliphatic carbocycles. The number of fused-ring (bicyclic) bond motifs is 2. The zero-order valence-corrected chi connectivity index (χ0v) is 19.1. The van der Waals surface area contributed by atoms with Gasteiger partial charge in [0.15, 0.2) is 0 Å². The number of benzene rings is 1. The van der Waals surface area contributed by atoms with E-state index in [1.807, 2.05) is 24.7 Å². The largest absolute Gasteiger partial charge is 0.490 e. The van der Waals surface area contributed by atoms with Crippen LogP contribution in [0.3, 0.4) is 0 Å². The quantitative estimate of drug-likeness (QED) is 0.397. The van der Waals surface area contributed by atoms with Crippen LogP contribution >= 0.6 is 0 Å². The lowest BCUT2D eigenvalue weighted by molar-refractivity contribution is -0.192. The Labute approximate surface area is 202 Å². The minimum Gasteiger partial charge on any atom is -0.475 e. The van der Waals surface area contributed by atoms with Gasteiger partial charge in [0.05, 0.1) is 17.6 Å². The summed E-state index contributed by atoms with van der Waals surface area (Å²) in [7, 11) is 0. The molecule has 0 spiro atoms. The maximum atomic E-state index is 14.1. The smallest absolute Gasteiger partial charge is 0.475 e. The van der Waals surface area contributed by atoms with E-state index in [-0.39, 0.29) is 6.04 Å². The molecule has 0 bridgehead atoms. The van der Waals surface area contributed by atoms with Crippen molar-refractivity contribution in [2.75, 3.05) is 0 Å². The molecule has 0 fully saturated rings. The van der Waals surface area contributed by atoms with Gasteiger partial charge in [-0.1, -0.05) is 6.07 Å². The van der Waals surface area contributed by atoms with Crippen molar-refractivity contribution in [1.82, 2.24) is 24.3 Å². The summed E-state index contributed by atoms with van der Waals surface area (Å²) in [5.74, 6) is -2.99. The minimum absolute atomic E-state index is 0.290. The van der Waals surface area contributed by atoms with Crippen molar-refractivity contribution in [3.05, 3.63) is 77.6 Å². The van der Waals surface area contributed by atoms with E-state index in [0.29, 0.717) is 11.3 Å². The number of aryl methyl sites for hydroxylation is 2.